The smallest absolute Gasteiger partial charge is 0.170 e. The van der Waals surface area contributed by atoms with E-state index < -0.39 is 0 Å². The number of aromatic hydroxyl groups is 1. The molecule has 1 fully saturated rings. The van der Waals surface area contributed by atoms with Crippen molar-refractivity contribution in [3.05, 3.63) is 28.3 Å². The van der Waals surface area contributed by atoms with Gasteiger partial charge in [0.15, 0.2) is 5.78 Å². The van der Waals surface area contributed by atoms with Crippen molar-refractivity contribution in [1.82, 2.24) is 5.32 Å². The van der Waals surface area contributed by atoms with Gasteiger partial charge in [0.05, 0.1) is 5.56 Å². The van der Waals surface area contributed by atoms with Crippen LogP contribution in [0.3, 0.4) is 0 Å². The molecule has 4 heteroatoms. The molecule has 0 radical (unpaired) electrons. The maximum atomic E-state index is 12.2. The minimum atomic E-state index is -0.0478. The highest BCUT2D eigenvalue weighted by Gasteiger charge is 2.24. The lowest BCUT2D eigenvalue weighted by Crippen LogP contribution is -2.34. The Morgan fingerprint density at radius 2 is 2.29 bits per heavy atom. The average Bonchev–Trinajstić information content (AvgIpc) is 2.34. The van der Waals surface area contributed by atoms with E-state index in [4.69, 9.17) is 11.6 Å². The van der Waals surface area contributed by atoms with Gasteiger partial charge in [-0.25, -0.2) is 0 Å². The zero-order chi connectivity index (χ0) is 12.4. The first kappa shape index (κ1) is 12.4. The van der Waals surface area contributed by atoms with Gasteiger partial charge in [0.1, 0.15) is 5.75 Å². The number of hydrogen-bond acceptors (Lipinski definition) is 3. The van der Waals surface area contributed by atoms with Crippen LogP contribution in [0.4, 0.5) is 0 Å². The van der Waals surface area contributed by atoms with Crippen molar-refractivity contribution < 1.29 is 9.90 Å². The number of phenols is 1. The number of rotatable bonds is 2. The van der Waals surface area contributed by atoms with Gasteiger partial charge in [-0.05, 0) is 44.0 Å². The quantitative estimate of drug-likeness (QED) is 0.797. The van der Waals surface area contributed by atoms with Crippen molar-refractivity contribution >= 4 is 17.4 Å². The number of Topliss-reactive ketones (excluding diaryl/α,β-unsaturated/α-hetero) is 1. The summed E-state index contributed by atoms with van der Waals surface area (Å²) in [5.74, 6) is -0.0347. The fraction of sp³-hybridized carbons (Fsp3) is 0.462. The number of halogens is 1. The maximum absolute atomic E-state index is 12.2. The fourth-order valence-electron chi connectivity index (χ4n) is 2.16. The summed E-state index contributed by atoms with van der Waals surface area (Å²) in [7, 11) is 0. The molecule has 1 aromatic rings. The van der Waals surface area contributed by atoms with E-state index in [2.05, 4.69) is 5.32 Å². The first-order chi connectivity index (χ1) is 8.09. The first-order valence-corrected chi connectivity index (χ1v) is 6.21. The van der Waals surface area contributed by atoms with E-state index in [1.165, 1.54) is 0 Å². The molecule has 0 spiro atoms. The van der Waals surface area contributed by atoms with E-state index in [-0.39, 0.29) is 17.5 Å². The van der Waals surface area contributed by atoms with Gasteiger partial charge in [-0.3, -0.25) is 4.79 Å². The molecule has 0 bridgehead atoms. The Morgan fingerprint density at radius 1 is 1.53 bits per heavy atom. The number of nitrogens with one attached hydrogen (secondary N) is 1. The zero-order valence-electron chi connectivity index (χ0n) is 9.79. The van der Waals surface area contributed by atoms with Crippen molar-refractivity contribution in [2.45, 2.75) is 19.8 Å². The van der Waals surface area contributed by atoms with Crippen LogP contribution >= 0.6 is 11.6 Å². The molecule has 3 nitrogen and oxygen atoms in total. The van der Waals surface area contributed by atoms with Crippen LogP contribution in [0.25, 0.3) is 0 Å². The van der Waals surface area contributed by atoms with E-state index in [1.807, 2.05) is 0 Å². The average molecular weight is 254 g/mol. The third-order valence-electron chi connectivity index (χ3n) is 3.21. The summed E-state index contributed by atoms with van der Waals surface area (Å²) in [6, 6.07) is 3.12. The Morgan fingerprint density at radius 3 is 2.94 bits per heavy atom. The van der Waals surface area contributed by atoms with E-state index in [1.54, 1.807) is 19.1 Å². The van der Waals surface area contributed by atoms with Crippen molar-refractivity contribution in [2.24, 2.45) is 5.92 Å². The van der Waals surface area contributed by atoms with Gasteiger partial charge in [0.2, 0.25) is 0 Å². The van der Waals surface area contributed by atoms with E-state index >= 15 is 0 Å². The summed E-state index contributed by atoms with van der Waals surface area (Å²) in [5.41, 5.74) is 1.12. The molecule has 1 unspecified atom stereocenters. The molecule has 1 heterocycles. The van der Waals surface area contributed by atoms with Gasteiger partial charge in [-0.15, -0.1) is 0 Å². The Bertz CT molecular complexity index is 439. The molecule has 0 amide bonds. The molecule has 2 rings (SSSR count). The molecule has 0 aliphatic carbocycles. The predicted octanol–water partition coefficient (Wildman–Crippen LogP) is 2.54. The SMILES string of the molecule is Cc1cc(O)c(C(=O)C2CCCNC2)cc1Cl. The number of benzene rings is 1. The van der Waals surface area contributed by atoms with Gasteiger partial charge >= 0.3 is 0 Å². The number of hydrogen-bond donors (Lipinski definition) is 2. The van der Waals surface area contributed by atoms with Crippen LogP contribution in [-0.2, 0) is 0 Å². The summed E-state index contributed by atoms with van der Waals surface area (Å²) in [4.78, 5) is 12.2. The summed E-state index contributed by atoms with van der Waals surface area (Å²) >= 11 is 5.99. The maximum Gasteiger partial charge on any atom is 0.170 e. The molecular weight excluding hydrogens is 238 g/mol. The standard InChI is InChI=1S/C13H16ClNO2/c1-8-5-12(16)10(6-11(8)14)13(17)9-3-2-4-15-7-9/h5-6,9,15-16H,2-4,7H2,1H3. The van der Waals surface area contributed by atoms with Crippen LogP contribution in [-0.4, -0.2) is 24.0 Å². The Kier molecular flexibility index (Phi) is 3.69. The lowest BCUT2D eigenvalue weighted by molar-refractivity contribution is 0.0897. The second-order valence-corrected chi connectivity index (χ2v) is 4.93. The van der Waals surface area contributed by atoms with Crippen LogP contribution < -0.4 is 5.32 Å². The van der Waals surface area contributed by atoms with E-state index in [0.717, 1.165) is 24.9 Å². The molecule has 2 N–H and O–H groups in total. The lowest BCUT2D eigenvalue weighted by atomic mass is 9.90. The molecule has 0 aromatic heterocycles. The Hall–Kier alpha value is -1.06. The largest absolute Gasteiger partial charge is 0.507 e. The monoisotopic (exact) mass is 253 g/mol. The molecule has 17 heavy (non-hydrogen) atoms. The van der Waals surface area contributed by atoms with Crippen LogP contribution in [0.1, 0.15) is 28.8 Å². The molecular formula is C13H16ClNO2. The van der Waals surface area contributed by atoms with E-state index in [9.17, 15) is 9.90 Å². The van der Waals surface area contributed by atoms with Gasteiger partial charge in [0.25, 0.3) is 0 Å². The number of carbonyl (C=O) groups excluding carboxylic acids is 1. The highest BCUT2D eigenvalue weighted by atomic mass is 35.5. The summed E-state index contributed by atoms with van der Waals surface area (Å²) in [6.45, 7) is 3.45. The Balaban J connectivity index is 2.26. The highest BCUT2D eigenvalue weighted by molar-refractivity contribution is 6.31. The lowest BCUT2D eigenvalue weighted by Gasteiger charge is -2.22. The summed E-state index contributed by atoms with van der Waals surface area (Å²) in [5, 5.41) is 13.5. The molecule has 0 saturated carbocycles. The summed E-state index contributed by atoms with van der Waals surface area (Å²) in [6.07, 6.45) is 1.87. The molecule has 1 saturated heterocycles. The van der Waals surface area contributed by atoms with Gasteiger partial charge in [0, 0.05) is 17.5 Å². The third kappa shape index (κ3) is 2.61. The fourth-order valence-corrected chi connectivity index (χ4v) is 2.32. The van der Waals surface area contributed by atoms with Gasteiger partial charge < -0.3 is 10.4 Å². The van der Waals surface area contributed by atoms with Gasteiger partial charge in [-0.2, -0.15) is 0 Å². The number of carbonyl (C=O) groups is 1. The van der Waals surface area contributed by atoms with Crippen molar-refractivity contribution in [1.29, 1.82) is 0 Å². The number of piperidine rings is 1. The molecule has 1 aliphatic rings. The molecule has 1 aromatic carbocycles. The van der Waals surface area contributed by atoms with Crippen molar-refractivity contribution in [3.8, 4) is 5.75 Å². The second kappa shape index (κ2) is 5.07. The van der Waals surface area contributed by atoms with Crippen molar-refractivity contribution in [2.75, 3.05) is 13.1 Å². The van der Waals surface area contributed by atoms with E-state index in [0.29, 0.717) is 17.1 Å². The van der Waals surface area contributed by atoms with Crippen LogP contribution in [0, 0.1) is 12.8 Å². The molecule has 1 atom stereocenters. The van der Waals surface area contributed by atoms with Crippen LogP contribution in [0.5, 0.6) is 5.75 Å². The first-order valence-electron chi connectivity index (χ1n) is 5.83. The third-order valence-corrected chi connectivity index (χ3v) is 3.62. The molecule has 92 valence electrons. The van der Waals surface area contributed by atoms with Gasteiger partial charge in [-0.1, -0.05) is 11.6 Å². The minimum absolute atomic E-state index is 0.0170. The zero-order valence-corrected chi connectivity index (χ0v) is 10.5. The number of phenolic OH excluding ortho intramolecular Hbond substituents is 1. The Labute approximate surface area is 106 Å². The second-order valence-electron chi connectivity index (χ2n) is 4.53. The normalized spacial score (nSPS) is 20.2. The highest BCUT2D eigenvalue weighted by Crippen LogP contribution is 2.29. The summed E-state index contributed by atoms with van der Waals surface area (Å²) < 4.78 is 0. The van der Waals surface area contributed by atoms with Crippen LogP contribution in [0.2, 0.25) is 5.02 Å². The topological polar surface area (TPSA) is 49.3 Å². The predicted molar refractivity (Wildman–Crippen MR) is 67.8 cm³/mol. The van der Waals surface area contributed by atoms with Crippen LogP contribution in [0.15, 0.2) is 12.1 Å². The minimum Gasteiger partial charge on any atom is -0.507 e. The van der Waals surface area contributed by atoms with Crippen molar-refractivity contribution in [3.63, 3.8) is 0 Å². The molecule has 1 aliphatic heterocycles. The number of aryl methyl sites for hydroxylation is 1. The number of ketones is 1.